The lowest BCUT2D eigenvalue weighted by atomic mass is 9.69. The van der Waals surface area contributed by atoms with E-state index in [0.717, 1.165) is 29.7 Å². The van der Waals surface area contributed by atoms with Gasteiger partial charge in [-0.15, -0.1) is 11.3 Å². The van der Waals surface area contributed by atoms with Gasteiger partial charge in [0.25, 0.3) is 0 Å². The monoisotopic (exact) mass is 697 g/mol. The number of nitrogens with zero attached hydrogens (tertiary/aromatic N) is 2. The Labute approximate surface area is 276 Å². The third kappa shape index (κ3) is 8.06. The van der Waals surface area contributed by atoms with E-state index in [0.29, 0.717) is 34.7 Å². The van der Waals surface area contributed by atoms with Crippen LogP contribution in [0.15, 0.2) is 29.4 Å². The van der Waals surface area contributed by atoms with E-state index < -0.39 is 44.5 Å². The van der Waals surface area contributed by atoms with Crippen molar-refractivity contribution in [1.82, 2.24) is 9.97 Å². The Balaban J connectivity index is 1.52. The van der Waals surface area contributed by atoms with Gasteiger partial charge in [0.15, 0.2) is 11.5 Å². The maximum Gasteiger partial charge on any atom is 0.433 e. The van der Waals surface area contributed by atoms with Gasteiger partial charge in [-0.05, 0) is 66.8 Å². The molecule has 0 spiro atoms. The second kappa shape index (κ2) is 14.2. The third-order valence-electron chi connectivity index (χ3n) is 8.69. The van der Waals surface area contributed by atoms with Crippen molar-refractivity contribution in [2.75, 3.05) is 32.4 Å². The number of amides is 1. The van der Waals surface area contributed by atoms with Gasteiger partial charge in [-0.1, -0.05) is 27.2 Å². The molecule has 10 nitrogen and oxygen atoms in total. The van der Waals surface area contributed by atoms with Crippen LogP contribution in [0.4, 0.5) is 18.2 Å². The summed E-state index contributed by atoms with van der Waals surface area (Å²) in [6.07, 6.45) is -2.15. The summed E-state index contributed by atoms with van der Waals surface area (Å²) in [7, 11) is -0.445. The molecule has 2 heterocycles. The number of hydrogen-bond acceptors (Lipinski definition) is 10. The molecule has 15 heteroatoms. The molecule has 0 bridgehead atoms. The van der Waals surface area contributed by atoms with E-state index >= 15 is 0 Å². The van der Waals surface area contributed by atoms with Gasteiger partial charge in [0.2, 0.25) is 20.9 Å². The highest BCUT2D eigenvalue weighted by Crippen LogP contribution is 2.46. The Hall–Kier alpha value is -3.72. The molecule has 2 aromatic heterocycles. The van der Waals surface area contributed by atoms with Crippen LogP contribution in [-0.4, -0.2) is 57.3 Å². The molecule has 0 aliphatic heterocycles. The van der Waals surface area contributed by atoms with Crippen LogP contribution in [0, 0.1) is 11.3 Å². The second-order valence-corrected chi connectivity index (χ2v) is 15.0. The van der Waals surface area contributed by atoms with Crippen molar-refractivity contribution < 1.29 is 45.4 Å². The number of esters is 1. The molecule has 4 rings (SSSR count). The highest BCUT2D eigenvalue weighted by molar-refractivity contribution is 7.91. The van der Waals surface area contributed by atoms with E-state index in [-0.39, 0.29) is 35.3 Å². The molecule has 0 fully saturated rings. The fraction of sp³-hybridized carbons (Fsp3) is 0.500. The van der Waals surface area contributed by atoms with E-state index in [9.17, 15) is 31.2 Å². The fourth-order valence-electron chi connectivity index (χ4n) is 5.50. The van der Waals surface area contributed by atoms with E-state index in [4.69, 9.17) is 14.2 Å². The first kappa shape index (κ1) is 36.1. The lowest BCUT2D eigenvalue weighted by Crippen LogP contribution is -2.28. The molecule has 0 saturated heterocycles. The highest BCUT2D eigenvalue weighted by atomic mass is 32.2. The molecule has 1 atom stereocenters. The van der Waals surface area contributed by atoms with Crippen molar-refractivity contribution >= 4 is 38.1 Å². The summed E-state index contributed by atoms with van der Waals surface area (Å²) >= 11 is 1.31. The van der Waals surface area contributed by atoms with Crippen molar-refractivity contribution in [3.05, 3.63) is 46.0 Å². The Kier molecular flexibility index (Phi) is 10.9. The van der Waals surface area contributed by atoms with E-state index in [1.54, 1.807) is 0 Å². The maximum atomic E-state index is 13.8. The number of thiophene rings is 1. The molecule has 47 heavy (non-hydrogen) atoms. The number of nitrogens with one attached hydrogen (secondary N) is 1. The predicted molar refractivity (Wildman–Crippen MR) is 171 cm³/mol. The van der Waals surface area contributed by atoms with Crippen LogP contribution in [0.3, 0.4) is 0 Å². The summed E-state index contributed by atoms with van der Waals surface area (Å²) in [6.45, 7) is 6.58. The standard InChI is InChI=1S/C32H38F3N3O7S2/c1-7-31(2,3)19-11-12-20-24(16-19)46-28(27(20)29(40)45-6)38-26(39)9-8-14-47(41,42)30-36-21(17-25(37-30)32(33,34)35)18-10-13-22(43-4)23(15-18)44-5/h10,13,15,17,19H,7-9,11-12,14,16H2,1-6H3,(H,38,39)/t19-/m1/s1. The van der Waals surface area contributed by atoms with Crippen LogP contribution in [0.5, 0.6) is 11.5 Å². The number of aromatic nitrogens is 2. The zero-order valence-electron chi connectivity index (χ0n) is 27.0. The van der Waals surface area contributed by atoms with Gasteiger partial charge in [0, 0.05) is 16.9 Å². The van der Waals surface area contributed by atoms with Crippen LogP contribution in [0.25, 0.3) is 11.3 Å². The average Bonchev–Trinajstić information content (AvgIpc) is 3.40. The summed E-state index contributed by atoms with van der Waals surface area (Å²) in [4.78, 5) is 34.0. The zero-order valence-corrected chi connectivity index (χ0v) is 28.7. The Bertz CT molecular complexity index is 1750. The van der Waals surface area contributed by atoms with Crippen molar-refractivity contribution in [3.63, 3.8) is 0 Å². The number of methoxy groups -OCH3 is 3. The van der Waals surface area contributed by atoms with Gasteiger partial charge in [0.1, 0.15) is 10.7 Å². The fourth-order valence-corrected chi connectivity index (χ4v) is 8.02. The van der Waals surface area contributed by atoms with Crippen LogP contribution >= 0.6 is 11.3 Å². The van der Waals surface area contributed by atoms with E-state index in [1.807, 2.05) is 0 Å². The van der Waals surface area contributed by atoms with E-state index in [2.05, 4.69) is 36.1 Å². The highest BCUT2D eigenvalue weighted by Gasteiger charge is 2.37. The molecule has 3 aromatic rings. The van der Waals surface area contributed by atoms with Crippen molar-refractivity contribution in [1.29, 1.82) is 0 Å². The number of fused-ring (bicyclic) bond motifs is 1. The van der Waals surface area contributed by atoms with Gasteiger partial charge < -0.3 is 19.5 Å². The number of sulfone groups is 1. The molecule has 1 aliphatic rings. The van der Waals surface area contributed by atoms with Crippen LogP contribution in [-0.2, 0) is 38.4 Å². The maximum absolute atomic E-state index is 13.8. The molecular formula is C32H38F3N3O7S2. The lowest BCUT2D eigenvalue weighted by Gasteiger charge is -2.36. The van der Waals surface area contributed by atoms with Crippen molar-refractivity contribution in [3.8, 4) is 22.8 Å². The molecule has 0 unspecified atom stereocenters. The van der Waals surface area contributed by atoms with Gasteiger partial charge in [-0.3, -0.25) is 4.79 Å². The second-order valence-electron chi connectivity index (χ2n) is 11.9. The molecule has 0 saturated carbocycles. The smallest absolute Gasteiger partial charge is 0.433 e. The average molecular weight is 698 g/mol. The molecular weight excluding hydrogens is 659 g/mol. The normalized spacial score (nSPS) is 15.1. The SMILES string of the molecule is CCC(C)(C)[C@@H]1CCc2c(sc(NC(=O)CCCS(=O)(=O)c3nc(-c4ccc(OC)c(OC)c4)cc(C(F)(F)F)n3)c2C(=O)OC)C1. The minimum absolute atomic E-state index is 0.105. The van der Waals surface area contributed by atoms with Gasteiger partial charge in [0.05, 0.1) is 38.3 Å². The summed E-state index contributed by atoms with van der Waals surface area (Å²) in [6, 6.07) is 4.90. The lowest BCUT2D eigenvalue weighted by molar-refractivity contribution is -0.141. The summed E-state index contributed by atoms with van der Waals surface area (Å²) in [5.74, 6) is -0.877. The predicted octanol–water partition coefficient (Wildman–Crippen LogP) is 6.76. The number of benzene rings is 1. The third-order valence-corrected chi connectivity index (χ3v) is 11.4. The molecule has 1 N–H and O–H groups in total. The number of hydrogen-bond donors (Lipinski definition) is 1. The summed E-state index contributed by atoms with van der Waals surface area (Å²) in [5.41, 5.74) is -0.304. The number of ether oxygens (including phenoxy) is 3. The number of carbonyl (C=O) groups is 2. The number of carbonyl (C=O) groups excluding carboxylic acids is 2. The zero-order chi connectivity index (χ0) is 34.7. The number of halogens is 3. The van der Waals surface area contributed by atoms with E-state index in [1.165, 1.54) is 50.9 Å². The first-order chi connectivity index (χ1) is 22.0. The van der Waals surface area contributed by atoms with Crippen molar-refractivity contribution in [2.45, 2.75) is 70.6 Å². The van der Waals surface area contributed by atoms with Crippen LogP contribution in [0.1, 0.15) is 72.9 Å². The molecule has 1 amide bonds. The quantitative estimate of drug-likeness (QED) is 0.161. The first-order valence-electron chi connectivity index (χ1n) is 15.0. The van der Waals surface area contributed by atoms with Crippen LogP contribution in [0.2, 0.25) is 0 Å². The van der Waals surface area contributed by atoms with Gasteiger partial charge >= 0.3 is 12.1 Å². The molecule has 0 radical (unpaired) electrons. The minimum Gasteiger partial charge on any atom is -0.493 e. The van der Waals surface area contributed by atoms with Gasteiger partial charge in [-0.25, -0.2) is 23.2 Å². The Morgan fingerprint density at radius 2 is 1.77 bits per heavy atom. The summed E-state index contributed by atoms with van der Waals surface area (Å²) in [5, 5.41) is 2.06. The Morgan fingerprint density at radius 3 is 2.38 bits per heavy atom. The molecule has 1 aromatic carbocycles. The minimum atomic E-state index is -4.96. The topological polar surface area (TPSA) is 134 Å². The molecule has 1 aliphatic carbocycles. The summed E-state index contributed by atoms with van der Waals surface area (Å²) < 4.78 is 83.0. The first-order valence-corrected chi connectivity index (χ1v) is 17.5. The van der Waals surface area contributed by atoms with Crippen molar-refractivity contribution in [2.24, 2.45) is 11.3 Å². The Morgan fingerprint density at radius 1 is 1.06 bits per heavy atom. The molecule has 256 valence electrons. The number of alkyl halides is 3. The number of rotatable bonds is 12. The van der Waals surface area contributed by atoms with Crippen LogP contribution < -0.4 is 14.8 Å². The number of anilines is 1. The largest absolute Gasteiger partial charge is 0.493 e. The van der Waals surface area contributed by atoms with Gasteiger partial charge in [-0.2, -0.15) is 13.2 Å².